The van der Waals surface area contributed by atoms with E-state index in [1.54, 1.807) is 12.1 Å². The monoisotopic (exact) mass is 303 g/mol. The Labute approximate surface area is 130 Å². The fraction of sp³-hybridized carbons (Fsp3) is 0.250. The van der Waals surface area contributed by atoms with Crippen LogP contribution in [0.5, 0.6) is 0 Å². The second-order valence-corrected chi connectivity index (χ2v) is 5.12. The number of nitrogen functional groups attached to an aromatic ring is 1. The van der Waals surface area contributed by atoms with Gasteiger partial charge in [0.05, 0.1) is 11.9 Å². The first-order valence-electron chi connectivity index (χ1n) is 6.80. The Balaban J connectivity index is 0.00000161. The first kappa shape index (κ1) is 15.3. The SMILES string of the molecule is Cl.Nc1ccc(C(=O)N2CCC(c3ccccc3)C2)nc1. The van der Waals surface area contributed by atoms with Crippen molar-refractivity contribution in [3.05, 3.63) is 59.9 Å². The van der Waals surface area contributed by atoms with Gasteiger partial charge in [-0.05, 0) is 24.1 Å². The fourth-order valence-electron chi connectivity index (χ4n) is 2.64. The van der Waals surface area contributed by atoms with Gasteiger partial charge in [-0.1, -0.05) is 30.3 Å². The molecular formula is C16H18ClN3O. The number of nitrogens with zero attached hydrogens (tertiary/aromatic N) is 2. The number of halogens is 1. The Kier molecular flexibility index (Phi) is 4.81. The molecule has 2 aromatic rings. The third-order valence-corrected chi connectivity index (χ3v) is 3.75. The van der Waals surface area contributed by atoms with Gasteiger partial charge < -0.3 is 10.6 Å². The van der Waals surface area contributed by atoms with Gasteiger partial charge in [0.2, 0.25) is 0 Å². The van der Waals surface area contributed by atoms with Crippen molar-refractivity contribution < 1.29 is 4.79 Å². The summed E-state index contributed by atoms with van der Waals surface area (Å²) in [7, 11) is 0. The summed E-state index contributed by atoms with van der Waals surface area (Å²) in [6, 6.07) is 13.8. The zero-order valence-corrected chi connectivity index (χ0v) is 12.4. The number of nitrogens with two attached hydrogens (primary N) is 1. The van der Waals surface area contributed by atoms with Crippen LogP contribution in [0.4, 0.5) is 5.69 Å². The van der Waals surface area contributed by atoms with Crippen molar-refractivity contribution in [3.8, 4) is 0 Å². The van der Waals surface area contributed by atoms with Gasteiger partial charge in [0.25, 0.3) is 5.91 Å². The normalized spacial score (nSPS) is 17.3. The zero-order valence-electron chi connectivity index (χ0n) is 11.6. The summed E-state index contributed by atoms with van der Waals surface area (Å²) in [5, 5.41) is 0. The molecule has 3 rings (SSSR count). The number of rotatable bonds is 2. The molecule has 1 amide bonds. The summed E-state index contributed by atoms with van der Waals surface area (Å²) in [6.45, 7) is 1.54. The molecule has 0 aliphatic carbocycles. The molecule has 1 unspecified atom stereocenters. The minimum atomic E-state index is -0.0107. The van der Waals surface area contributed by atoms with Crippen LogP contribution >= 0.6 is 12.4 Å². The molecule has 21 heavy (non-hydrogen) atoms. The standard InChI is InChI=1S/C16H17N3O.ClH/c17-14-6-7-15(18-10-14)16(20)19-9-8-13(11-19)12-4-2-1-3-5-12;/h1-7,10,13H,8-9,11,17H2;1H. The second-order valence-electron chi connectivity index (χ2n) is 5.12. The second kappa shape index (κ2) is 6.59. The van der Waals surface area contributed by atoms with Crippen LogP contribution in [0, 0.1) is 0 Å². The van der Waals surface area contributed by atoms with Crippen molar-refractivity contribution in [2.45, 2.75) is 12.3 Å². The van der Waals surface area contributed by atoms with E-state index in [1.807, 2.05) is 23.1 Å². The summed E-state index contributed by atoms with van der Waals surface area (Å²) < 4.78 is 0. The molecule has 0 saturated carbocycles. The van der Waals surface area contributed by atoms with Gasteiger partial charge in [-0.15, -0.1) is 12.4 Å². The smallest absolute Gasteiger partial charge is 0.272 e. The van der Waals surface area contributed by atoms with Gasteiger partial charge in [-0.25, -0.2) is 4.98 Å². The van der Waals surface area contributed by atoms with E-state index in [4.69, 9.17) is 5.73 Å². The number of amides is 1. The molecule has 2 N–H and O–H groups in total. The molecule has 1 aromatic carbocycles. The molecule has 4 nitrogen and oxygen atoms in total. The number of hydrogen-bond acceptors (Lipinski definition) is 3. The predicted octanol–water partition coefficient (Wildman–Crippen LogP) is 2.72. The minimum absolute atomic E-state index is 0. The first-order valence-corrected chi connectivity index (χ1v) is 6.80. The fourth-order valence-corrected chi connectivity index (χ4v) is 2.64. The van der Waals surface area contributed by atoms with Gasteiger partial charge in [-0.3, -0.25) is 4.79 Å². The molecule has 1 aliphatic heterocycles. The maximum atomic E-state index is 12.4. The Morgan fingerprint density at radius 2 is 1.95 bits per heavy atom. The van der Waals surface area contributed by atoms with Crippen LogP contribution in [-0.2, 0) is 0 Å². The number of hydrogen-bond donors (Lipinski definition) is 1. The summed E-state index contributed by atoms with van der Waals surface area (Å²) in [5.74, 6) is 0.414. The predicted molar refractivity (Wildman–Crippen MR) is 85.6 cm³/mol. The molecule has 0 radical (unpaired) electrons. The highest BCUT2D eigenvalue weighted by Crippen LogP contribution is 2.27. The maximum Gasteiger partial charge on any atom is 0.272 e. The van der Waals surface area contributed by atoms with Gasteiger partial charge in [-0.2, -0.15) is 0 Å². The zero-order chi connectivity index (χ0) is 13.9. The lowest BCUT2D eigenvalue weighted by Gasteiger charge is -2.16. The van der Waals surface area contributed by atoms with E-state index in [2.05, 4.69) is 17.1 Å². The topological polar surface area (TPSA) is 59.2 Å². The number of carbonyl (C=O) groups excluding carboxylic acids is 1. The van der Waals surface area contributed by atoms with Crippen molar-refractivity contribution >= 4 is 24.0 Å². The van der Waals surface area contributed by atoms with E-state index in [9.17, 15) is 4.79 Å². The van der Waals surface area contributed by atoms with Crippen LogP contribution in [0.3, 0.4) is 0 Å². The third kappa shape index (κ3) is 3.34. The Morgan fingerprint density at radius 3 is 2.62 bits per heavy atom. The van der Waals surface area contributed by atoms with Gasteiger partial charge >= 0.3 is 0 Å². The molecule has 5 heteroatoms. The number of aromatic nitrogens is 1. The van der Waals surface area contributed by atoms with E-state index in [1.165, 1.54) is 11.8 Å². The van der Waals surface area contributed by atoms with Gasteiger partial charge in [0, 0.05) is 19.0 Å². The average molecular weight is 304 g/mol. The molecular weight excluding hydrogens is 286 g/mol. The Bertz CT molecular complexity index is 601. The first-order chi connectivity index (χ1) is 9.74. The van der Waals surface area contributed by atoms with Crippen molar-refractivity contribution in [3.63, 3.8) is 0 Å². The number of pyridine rings is 1. The average Bonchev–Trinajstić information content (AvgIpc) is 2.98. The number of carbonyl (C=O) groups is 1. The summed E-state index contributed by atoms with van der Waals surface area (Å²) >= 11 is 0. The van der Waals surface area contributed by atoms with Crippen molar-refractivity contribution in [1.29, 1.82) is 0 Å². The molecule has 1 saturated heterocycles. The van der Waals surface area contributed by atoms with Crippen LogP contribution in [0.1, 0.15) is 28.4 Å². The number of benzene rings is 1. The van der Waals surface area contributed by atoms with Gasteiger partial charge in [0.1, 0.15) is 5.69 Å². The van der Waals surface area contributed by atoms with Crippen molar-refractivity contribution in [1.82, 2.24) is 9.88 Å². The molecule has 1 aromatic heterocycles. The van der Waals surface area contributed by atoms with Crippen molar-refractivity contribution in [2.24, 2.45) is 0 Å². The summed E-state index contributed by atoms with van der Waals surface area (Å²) in [5.41, 5.74) is 7.93. The number of likely N-dealkylation sites (tertiary alicyclic amines) is 1. The van der Waals surface area contributed by atoms with Crippen LogP contribution in [0.2, 0.25) is 0 Å². The minimum Gasteiger partial charge on any atom is -0.397 e. The van der Waals surface area contributed by atoms with Crippen molar-refractivity contribution in [2.75, 3.05) is 18.8 Å². The van der Waals surface area contributed by atoms with E-state index >= 15 is 0 Å². The molecule has 1 atom stereocenters. The highest BCUT2D eigenvalue weighted by Gasteiger charge is 2.28. The van der Waals surface area contributed by atoms with Crippen LogP contribution in [0.15, 0.2) is 48.7 Å². The van der Waals surface area contributed by atoms with Gasteiger partial charge in [0.15, 0.2) is 0 Å². The highest BCUT2D eigenvalue weighted by atomic mass is 35.5. The maximum absolute atomic E-state index is 12.4. The molecule has 2 heterocycles. The van der Waals surface area contributed by atoms with E-state index in [0.717, 1.165) is 19.5 Å². The molecule has 110 valence electrons. The lowest BCUT2D eigenvalue weighted by atomic mass is 9.99. The number of anilines is 1. The quantitative estimate of drug-likeness (QED) is 0.928. The molecule has 0 spiro atoms. The summed E-state index contributed by atoms with van der Waals surface area (Å²) in [4.78, 5) is 18.3. The van der Waals surface area contributed by atoms with E-state index in [-0.39, 0.29) is 18.3 Å². The lowest BCUT2D eigenvalue weighted by molar-refractivity contribution is 0.0785. The lowest BCUT2D eigenvalue weighted by Crippen LogP contribution is -2.29. The third-order valence-electron chi connectivity index (χ3n) is 3.75. The van der Waals surface area contributed by atoms with Crippen LogP contribution < -0.4 is 5.73 Å². The largest absolute Gasteiger partial charge is 0.397 e. The summed E-state index contributed by atoms with van der Waals surface area (Å²) in [6.07, 6.45) is 2.53. The Morgan fingerprint density at radius 1 is 1.19 bits per heavy atom. The van der Waals surface area contributed by atoms with Crippen LogP contribution in [-0.4, -0.2) is 28.9 Å². The van der Waals surface area contributed by atoms with E-state index in [0.29, 0.717) is 17.3 Å². The molecule has 1 aliphatic rings. The molecule has 1 fully saturated rings. The van der Waals surface area contributed by atoms with E-state index < -0.39 is 0 Å². The Hall–Kier alpha value is -2.07. The molecule has 0 bridgehead atoms. The van der Waals surface area contributed by atoms with Crippen LogP contribution in [0.25, 0.3) is 0 Å². The highest BCUT2D eigenvalue weighted by molar-refractivity contribution is 5.92.